The van der Waals surface area contributed by atoms with Gasteiger partial charge in [-0.25, -0.2) is 4.79 Å². The molecule has 6 nitrogen and oxygen atoms in total. The Morgan fingerprint density at radius 1 is 1.36 bits per heavy atom. The fourth-order valence-electron chi connectivity index (χ4n) is 3.37. The number of amides is 1. The molecular weight excluding hydrogens is 284 g/mol. The quantitative estimate of drug-likeness (QED) is 0.923. The van der Waals surface area contributed by atoms with E-state index < -0.39 is 12.0 Å². The first-order valence-electron chi connectivity index (χ1n) is 7.52. The Morgan fingerprint density at radius 2 is 2.00 bits per heavy atom. The summed E-state index contributed by atoms with van der Waals surface area (Å²) in [6, 6.07) is 1.28. The zero-order valence-corrected chi connectivity index (χ0v) is 13.8. The highest BCUT2D eigenvalue weighted by Crippen LogP contribution is 2.26. The zero-order chi connectivity index (χ0) is 16.6. The smallest absolute Gasteiger partial charge is 0.326 e. The van der Waals surface area contributed by atoms with E-state index in [2.05, 4.69) is 18.4 Å². The Labute approximate surface area is 130 Å². The van der Waals surface area contributed by atoms with Gasteiger partial charge in [0.1, 0.15) is 6.04 Å². The van der Waals surface area contributed by atoms with Gasteiger partial charge in [-0.05, 0) is 33.8 Å². The number of carbonyl (C=O) groups is 2. The average molecular weight is 308 g/mol. The molecule has 2 atom stereocenters. The number of rotatable bonds is 4. The van der Waals surface area contributed by atoms with Crippen molar-refractivity contribution in [2.24, 2.45) is 0 Å². The van der Waals surface area contributed by atoms with Crippen LogP contribution in [0.5, 0.6) is 0 Å². The highest BCUT2D eigenvalue weighted by molar-refractivity contribution is 5.98. The molecule has 0 aliphatic carbocycles. The van der Waals surface area contributed by atoms with Gasteiger partial charge in [-0.1, -0.05) is 0 Å². The lowest BCUT2D eigenvalue weighted by atomic mass is 10.1. The predicted octanol–water partition coefficient (Wildman–Crippen LogP) is 2.00. The van der Waals surface area contributed by atoms with E-state index in [9.17, 15) is 14.7 Å². The summed E-state index contributed by atoms with van der Waals surface area (Å²) >= 11 is 0. The van der Waals surface area contributed by atoms with Crippen LogP contribution in [-0.4, -0.2) is 52.3 Å². The monoisotopic (exact) mass is 308 g/mol. The molecule has 2 heterocycles. The minimum Gasteiger partial charge on any atom is -0.480 e. The molecule has 0 aromatic carbocycles. The van der Waals surface area contributed by atoms with Crippen LogP contribution < -0.4 is 0 Å². The Hall–Kier alpha value is -1.82. The average Bonchev–Trinajstić information content (AvgIpc) is 2.99. The topological polar surface area (TPSA) is 71.8 Å². The van der Waals surface area contributed by atoms with E-state index >= 15 is 0 Å². The van der Waals surface area contributed by atoms with Crippen LogP contribution >= 0.6 is 0 Å². The molecule has 0 saturated carbocycles. The number of aryl methyl sites for hydroxylation is 1. The number of hydrogen-bond acceptors (Lipinski definition) is 3. The summed E-state index contributed by atoms with van der Waals surface area (Å²) in [5, 5.41) is 9.36. The van der Waals surface area contributed by atoms with Crippen LogP contribution in [0.1, 0.15) is 48.1 Å². The van der Waals surface area contributed by atoms with Crippen molar-refractivity contribution < 1.29 is 19.4 Å². The Morgan fingerprint density at radius 3 is 2.45 bits per heavy atom. The second-order valence-electron chi connectivity index (χ2n) is 6.15. The van der Waals surface area contributed by atoms with Gasteiger partial charge in [0.15, 0.2) is 0 Å². The van der Waals surface area contributed by atoms with Crippen LogP contribution in [0.4, 0.5) is 0 Å². The second-order valence-corrected chi connectivity index (χ2v) is 6.15. The van der Waals surface area contributed by atoms with Crippen molar-refractivity contribution in [1.29, 1.82) is 0 Å². The largest absolute Gasteiger partial charge is 0.480 e. The Kier molecular flexibility index (Phi) is 4.60. The van der Waals surface area contributed by atoms with Crippen LogP contribution in [0.3, 0.4) is 0 Å². The lowest BCUT2D eigenvalue weighted by Gasteiger charge is -2.21. The molecule has 1 aromatic rings. The second kappa shape index (κ2) is 6.12. The molecule has 22 heavy (non-hydrogen) atoms. The maximum absolute atomic E-state index is 12.8. The van der Waals surface area contributed by atoms with Crippen LogP contribution in [0.2, 0.25) is 0 Å². The highest BCUT2D eigenvalue weighted by Gasteiger charge is 2.40. The first-order valence-corrected chi connectivity index (χ1v) is 7.52. The molecule has 1 aliphatic heterocycles. The van der Waals surface area contributed by atoms with Crippen molar-refractivity contribution in [3.8, 4) is 0 Å². The van der Waals surface area contributed by atoms with Crippen LogP contribution in [0.25, 0.3) is 0 Å². The summed E-state index contributed by atoms with van der Waals surface area (Å²) in [5.41, 5.74) is 2.46. The van der Waals surface area contributed by atoms with E-state index in [1.807, 2.05) is 19.9 Å². The molecule has 1 amide bonds. The van der Waals surface area contributed by atoms with Gasteiger partial charge in [0.25, 0.3) is 5.91 Å². The molecule has 0 bridgehead atoms. The van der Waals surface area contributed by atoms with E-state index in [0.29, 0.717) is 18.5 Å². The number of hydrogen-bond donors (Lipinski definition) is 1. The highest BCUT2D eigenvalue weighted by atomic mass is 16.5. The number of nitrogens with zero attached hydrogens (tertiary/aromatic N) is 2. The maximum Gasteiger partial charge on any atom is 0.326 e. The molecule has 1 aromatic heterocycles. The maximum atomic E-state index is 12.8. The van der Waals surface area contributed by atoms with Crippen molar-refractivity contribution in [2.75, 3.05) is 13.7 Å². The summed E-state index contributed by atoms with van der Waals surface area (Å²) < 4.78 is 7.33. The lowest BCUT2D eigenvalue weighted by molar-refractivity contribution is -0.141. The van der Waals surface area contributed by atoms with Gasteiger partial charge >= 0.3 is 5.97 Å². The molecule has 0 radical (unpaired) electrons. The molecule has 1 N–H and O–H groups in total. The minimum atomic E-state index is -0.981. The third-order valence-electron chi connectivity index (χ3n) is 4.37. The third-order valence-corrected chi connectivity index (χ3v) is 4.37. The number of aromatic nitrogens is 1. The number of carboxylic acid groups (broad SMARTS) is 1. The fraction of sp³-hybridized carbons (Fsp3) is 0.625. The number of aliphatic carboxylic acids is 1. The normalized spacial score (nSPS) is 21.6. The molecule has 2 rings (SSSR count). The van der Waals surface area contributed by atoms with Gasteiger partial charge in [0.2, 0.25) is 0 Å². The molecule has 1 fully saturated rings. The van der Waals surface area contributed by atoms with Crippen LogP contribution in [0.15, 0.2) is 6.07 Å². The molecule has 0 spiro atoms. The third kappa shape index (κ3) is 2.75. The van der Waals surface area contributed by atoms with Crippen molar-refractivity contribution in [1.82, 2.24) is 9.47 Å². The summed E-state index contributed by atoms with van der Waals surface area (Å²) in [6.45, 7) is 8.30. The van der Waals surface area contributed by atoms with Gasteiger partial charge in [-0.15, -0.1) is 0 Å². The summed E-state index contributed by atoms with van der Waals surface area (Å²) in [7, 11) is 1.54. The number of methoxy groups -OCH3 is 1. The van der Waals surface area contributed by atoms with Crippen molar-refractivity contribution in [3.63, 3.8) is 0 Å². The van der Waals surface area contributed by atoms with Crippen molar-refractivity contribution in [2.45, 2.75) is 52.3 Å². The summed E-state index contributed by atoms with van der Waals surface area (Å²) in [5.74, 6) is -1.21. The molecule has 122 valence electrons. The van der Waals surface area contributed by atoms with Crippen LogP contribution in [-0.2, 0) is 9.53 Å². The van der Waals surface area contributed by atoms with Crippen molar-refractivity contribution in [3.05, 3.63) is 23.0 Å². The summed E-state index contributed by atoms with van der Waals surface area (Å²) in [4.78, 5) is 25.7. The molecule has 2 unspecified atom stereocenters. The number of ether oxygens (including phenoxy) is 1. The first-order chi connectivity index (χ1) is 10.3. The number of likely N-dealkylation sites (tertiary alicyclic amines) is 1. The molecular formula is C16H24N2O4. The molecule has 1 aliphatic rings. The number of carboxylic acids is 1. The molecule has 6 heteroatoms. The van der Waals surface area contributed by atoms with E-state index in [4.69, 9.17) is 4.74 Å². The van der Waals surface area contributed by atoms with Gasteiger partial charge in [-0.3, -0.25) is 4.79 Å². The van der Waals surface area contributed by atoms with E-state index in [0.717, 1.165) is 11.4 Å². The van der Waals surface area contributed by atoms with Gasteiger partial charge in [0.05, 0.1) is 11.7 Å². The minimum absolute atomic E-state index is 0.223. The van der Waals surface area contributed by atoms with Crippen molar-refractivity contribution >= 4 is 11.9 Å². The van der Waals surface area contributed by atoms with E-state index in [1.54, 1.807) is 7.11 Å². The predicted molar refractivity (Wildman–Crippen MR) is 82.2 cm³/mol. The molecule has 1 saturated heterocycles. The van der Waals surface area contributed by atoms with E-state index in [-0.39, 0.29) is 18.1 Å². The fourth-order valence-corrected chi connectivity index (χ4v) is 3.37. The standard InChI is InChI=1S/C16H24N2O4/c1-9(2)18-10(3)6-13(11(18)4)15(19)17-8-12(22-5)7-14(17)16(20)21/h6,9,12,14H,7-8H2,1-5H3,(H,20,21). The van der Waals surface area contributed by atoms with Gasteiger partial charge < -0.3 is 19.3 Å². The van der Waals surface area contributed by atoms with Gasteiger partial charge in [-0.2, -0.15) is 0 Å². The SMILES string of the molecule is COC1CC(C(=O)O)N(C(=O)c2cc(C)n(C(C)C)c2C)C1. The first kappa shape index (κ1) is 16.5. The number of carbonyl (C=O) groups excluding carboxylic acids is 1. The van der Waals surface area contributed by atoms with E-state index in [1.165, 1.54) is 4.90 Å². The zero-order valence-electron chi connectivity index (χ0n) is 13.8. The Bertz CT molecular complexity index is 591. The summed E-state index contributed by atoms with van der Waals surface area (Å²) in [6.07, 6.45) is 0.110. The van der Waals surface area contributed by atoms with Gasteiger partial charge in [0, 0.05) is 37.5 Å². The lowest BCUT2D eigenvalue weighted by Crippen LogP contribution is -2.40. The Balaban J connectivity index is 2.35. The van der Waals surface area contributed by atoms with Crippen LogP contribution in [0, 0.1) is 13.8 Å².